The summed E-state index contributed by atoms with van der Waals surface area (Å²) in [6, 6.07) is 7.52. The van der Waals surface area contributed by atoms with Crippen LogP contribution in [0.4, 0.5) is 0 Å². The van der Waals surface area contributed by atoms with E-state index in [2.05, 4.69) is 6.92 Å². The van der Waals surface area contributed by atoms with Gasteiger partial charge in [0.1, 0.15) is 0 Å². The Balaban J connectivity index is 2.34. The van der Waals surface area contributed by atoms with Crippen LogP contribution >= 0.6 is 8.03 Å². The second-order valence-electron chi connectivity index (χ2n) is 4.48. The van der Waals surface area contributed by atoms with Gasteiger partial charge in [0.25, 0.3) is 0 Å². The van der Waals surface area contributed by atoms with E-state index < -0.39 is 8.03 Å². The number of benzene rings is 1. The summed E-state index contributed by atoms with van der Waals surface area (Å²) in [5, 5.41) is 0.644. The van der Waals surface area contributed by atoms with Gasteiger partial charge in [-0.3, -0.25) is 4.57 Å². The van der Waals surface area contributed by atoms with Gasteiger partial charge in [0.2, 0.25) is 8.03 Å². The normalized spacial score (nSPS) is 12.6. The molecule has 17 heavy (non-hydrogen) atoms. The summed E-state index contributed by atoms with van der Waals surface area (Å²) in [5.74, 6) is 0. The van der Waals surface area contributed by atoms with E-state index in [0.717, 1.165) is 18.4 Å². The Bertz CT molecular complexity index is 350. The molecule has 2 nitrogen and oxygen atoms in total. The summed E-state index contributed by atoms with van der Waals surface area (Å²) < 4.78 is 11.2. The number of aryl methyl sites for hydroxylation is 1. The Hall–Kier alpha value is -0.590. The van der Waals surface area contributed by atoms with Gasteiger partial charge in [-0.25, -0.2) is 0 Å². The summed E-state index contributed by atoms with van der Waals surface area (Å²) in [7, 11) is -2.54. The maximum absolute atomic E-state index is 11.2. The molecule has 0 radical (unpaired) electrons. The smallest absolute Gasteiger partial charge is 0.218 e. The van der Waals surface area contributed by atoms with E-state index in [-0.39, 0.29) is 0 Å². The van der Waals surface area contributed by atoms with Gasteiger partial charge >= 0.3 is 0 Å². The van der Waals surface area contributed by atoms with Crippen LogP contribution in [0.2, 0.25) is 0 Å². The lowest BCUT2D eigenvalue weighted by Gasteiger charge is -2.06. The monoisotopic (exact) mass is 254 g/mol. The molecule has 1 aromatic rings. The van der Waals surface area contributed by atoms with E-state index in [9.17, 15) is 9.46 Å². The average Bonchev–Trinajstić information content (AvgIpc) is 2.34. The fourth-order valence-corrected chi connectivity index (χ4v) is 2.76. The summed E-state index contributed by atoms with van der Waals surface area (Å²) >= 11 is 0. The van der Waals surface area contributed by atoms with Crippen LogP contribution in [-0.2, 0) is 11.0 Å². The molecule has 1 N–H and O–H groups in total. The van der Waals surface area contributed by atoms with Crippen LogP contribution in [0.5, 0.6) is 0 Å². The van der Waals surface area contributed by atoms with Gasteiger partial charge in [-0.2, -0.15) is 0 Å². The van der Waals surface area contributed by atoms with Crippen molar-refractivity contribution >= 4 is 13.3 Å². The zero-order valence-electron chi connectivity index (χ0n) is 10.6. The summed E-state index contributed by atoms with van der Waals surface area (Å²) in [6.45, 7) is 2.22. The Morgan fingerprint density at radius 3 is 2.41 bits per heavy atom. The Morgan fingerprint density at radius 1 is 1.06 bits per heavy atom. The van der Waals surface area contributed by atoms with Crippen LogP contribution in [0.25, 0.3) is 0 Å². The molecule has 0 amide bonds. The van der Waals surface area contributed by atoms with E-state index in [4.69, 9.17) is 0 Å². The van der Waals surface area contributed by atoms with Crippen molar-refractivity contribution in [2.24, 2.45) is 0 Å². The zero-order valence-corrected chi connectivity index (χ0v) is 11.6. The van der Waals surface area contributed by atoms with Crippen LogP contribution < -0.4 is 5.30 Å². The second-order valence-corrected chi connectivity index (χ2v) is 5.63. The molecule has 0 aliphatic carbocycles. The molecule has 0 aliphatic rings. The van der Waals surface area contributed by atoms with Crippen molar-refractivity contribution in [1.82, 2.24) is 0 Å². The largest absolute Gasteiger partial charge is 0.343 e. The first kappa shape index (κ1) is 14.5. The number of hydrogen-bond acceptors (Lipinski definition) is 1. The summed E-state index contributed by atoms with van der Waals surface area (Å²) in [6.07, 6.45) is 8.46. The molecule has 96 valence electrons. The van der Waals surface area contributed by atoms with E-state index in [1.807, 2.05) is 18.2 Å². The molecule has 0 spiro atoms. The number of unbranched alkanes of at least 4 members (excludes halogenated alkanes) is 5. The molecule has 0 saturated carbocycles. The molecule has 0 fully saturated rings. The van der Waals surface area contributed by atoms with Crippen molar-refractivity contribution < 1.29 is 9.46 Å². The minimum atomic E-state index is -2.54. The predicted octanol–water partition coefficient (Wildman–Crippen LogP) is 3.68. The molecule has 0 bridgehead atoms. The van der Waals surface area contributed by atoms with Crippen LogP contribution in [0.3, 0.4) is 0 Å². The van der Waals surface area contributed by atoms with E-state index >= 15 is 0 Å². The third kappa shape index (κ3) is 5.52. The van der Waals surface area contributed by atoms with Gasteiger partial charge in [-0.15, -0.1) is 0 Å². The average molecular weight is 254 g/mol. The van der Waals surface area contributed by atoms with Gasteiger partial charge in [-0.05, 0) is 24.5 Å². The fourth-order valence-electron chi connectivity index (χ4n) is 2.04. The Kier molecular flexibility index (Phi) is 7.23. The molecule has 1 atom stereocenters. The third-order valence-corrected chi connectivity index (χ3v) is 4.00. The first-order valence-electron chi connectivity index (χ1n) is 6.57. The fraction of sp³-hybridized carbons (Fsp3) is 0.571. The third-order valence-electron chi connectivity index (χ3n) is 3.05. The van der Waals surface area contributed by atoms with Crippen molar-refractivity contribution in [2.75, 3.05) is 0 Å². The molecular weight excluding hydrogens is 231 g/mol. The highest BCUT2D eigenvalue weighted by atomic mass is 31.1. The van der Waals surface area contributed by atoms with Crippen molar-refractivity contribution in [1.29, 1.82) is 0 Å². The van der Waals surface area contributed by atoms with E-state index in [0.29, 0.717) is 5.30 Å². The van der Waals surface area contributed by atoms with E-state index in [1.165, 1.54) is 32.1 Å². The van der Waals surface area contributed by atoms with Crippen molar-refractivity contribution in [3.63, 3.8) is 0 Å². The van der Waals surface area contributed by atoms with Crippen molar-refractivity contribution in [2.45, 2.75) is 51.9 Å². The first-order valence-corrected chi connectivity index (χ1v) is 7.92. The zero-order chi connectivity index (χ0) is 12.5. The maximum Gasteiger partial charge on any atom is 0.218 e. The molecule has 0 aromatic heterocycles. The van der Waals surface area contributed by atoms with Crippen LogP contribution in [0.1, 0.15) is 51.0 Å². The molecule has 1 unspecified atom stereocenters. The highest BCUT2D eigenvalue weighted by Gasteiger charge is 2.05. The topological polar surface area (TPSA) is 37.3 Å². The van der Waals surface area contributed by atoms with Gasteiger partial charge in [0, 0.05) is 5.30 Å². The van der Waals surface area contributed by atoms with Crippen LogP contribution in [-0.4, -0.2) is 4.89 Å². The SMILES string of the molecule is CCCCCCCCc1ccccc1[PH](=O)O. The molecule has 0 aliphatic heterocycles. The number of hydrogen-bond donors (Lipinski definition) is 1. The molecule has 0 saturated heterocycles. The lowest BCUT2D eigenvalue weighted by atomic mass is 10.1. The molecule has 1 aromatic carbocycles. The quantitative estimate of drug-likeness (QED) is 0.567. The highest BCUT2D eigenvalue weighted by molar-refractivity contribution is 7.47. The first-order chi connectivity index (χ1) is 8.25. The molecular formula is C14H23O2P. The Labute approximate surface area is 105 Å². The molecule has 1 rings (SSSR count). The lowest BCUT2D eigenvalue weighted by molar-refractivity contribution is 0.513. The Morgan fingerprint density at radius 2 is 1.71 bits per heavy atom. The summed E-state index contributed by atoms with van der Waals surface area (Å²) in [4.78, 5) is 9.22. The van der Waals surface area contributed by atoms with E-state index in [1.54, 1.807) is 6.07 Å². The van der Waals surface area contributed by atoms with Crippen LogP contribution in [0.15, 0.2) is 24.3 Å². The van der Waals surface area contributed by atoms with Gasteiger partial charge in [0.15, 0.2) is 0 Å². The van der Waals surface area contributed by atoms with Crippen molar-refractivity contribution in [3.05, 3.63) is 29.8 Å². The second kappa shape index (κ2) is 8.49. The molecule has 3 heteroatoms. The van der Waals surface area contributed by atoms with Crippen LogP contribution in [0, 0.1) is 0 Å². The van der Waals surface area contributed by atoms with Gasteiger partial charge in [-0.1, -0.05) is 57.2 Å². The number of rotatable bonds is 8. The lowest BCUT2D eigenvalue weighted by Crippen LogP contribution is -2.04. The minimum Gasteiger partial charge on any atom is -0.343 e. The van der Waals surface area contributed by atoms with Gasteiger partial charge < -0.3 is 4.89 Å². The summed E-state index contributed by atoms with van der Waals surface area (Å²) in [5.41, 5.74) is 1.05. The van der Waals surface area contributed by atoms with Gasteiger partial charge in [0.05, 0.1) is 0 Å². The van der Waals surface area contributed by atoms with Crippen molar-refractivity contribution in [3.8, 4) is 0 Å². The minimum absolute atomic E-state index is 0.644. The standard InChI is InChI=1S/C14H23O2P/c1-2-3-4-5-6-7-10-13-11-8-9-12-14(13)17(15)16/h8-9,11-12,17H,2-7,10H2,1H3,(H,15,16). The molecule has 0 heterocycles. The highest BCUT2D eigenvalue weighted by Crippen LogP contribution is 2.18. The predicted molar refractivity (Wildman–Crippen MR) is 74.4 cm³/mol. The maximum atomic E-state index is 11.2.